The number of Topliss-reactive ketones (excluding diaryl/α,β-unsaturated/α-hetero) is 1. The number of benzene rings is 2. The Labute approximate surface area is 162 Å². The molecule has 0 saturated carbocycles. The summed E-state index contributed by atoms with van der Waals surface area (Å²) in [6, 6.07) is 16.6. The van der Waals surface area contributed by atoms with Gasteiger partial charge in [0.2, 0.25) is 0 Å². The number of aromatic nitrogens is 1. The number of rotatable bonds is 7. The third kappa shape index (κ3) is 4.80. The number of ether oxygens (including phenoxy) is 1. The highest BCUT2D eigenvalue weighted by Gasteiger charge is 2.12. The minimum atomic E-state index is -0.280. The zero-order valence-corrected chi connectivity index (χ0v) is 16.0. The molecule has 0 fully saturated rings. The lowest BCUT2D eigenvalue weighted by Crippen LogP contribution is -2.20. The first kappa shape index (κ1) is 18.8. The van der Waals surface area contributed by atoms with Gasteiger partial charge in [0.05, 0.1) is 5.69 Å². The zero-order chi connectivity index (χ0) is 19.2. The molecular weight excluding hydrogens is 360 g/mol. The van der Waals surface area contributed by atoms with E-state index in [4.69, 9.17) is 4.74 Å². The van der Waals surface area contributed by atoms with Gasteiger partial charge in [-0.2, -0.15) is 0 Å². The first-order chi connectivity index (χ1) is 13.1. The molecular formula is C21H20N2O3S. The Kier molecular flexibility index (Phi) is 5.98. The average Bonchev–Trinajstić information content (AvgIpc) is 3.06. The Balaban J connectivity index is 1.58. The quantitative estimate of drug-likeness (QED) is 0.602. The molecule has 0 aliphatic heterocycles. The molecule has 3 aromatic rings. The van der Waals surface area contributed by atoms with Crippen molar-refractivity contribution in [1.82, 2.24) is 4.98 Å². The molecule has 6 heteroatoms. The fourth-order valence-electron chi connectivity index (χ4n) is 2.56. The number of hydrogen-bond acceptors (Lipinski definition) is 5. The van der Waals surface area contributed by atoms with Crippen molar-refractivity contribution in [1.29, 1.82) is 0 Å². The van der Waals surface area contributed by atoms with E-state index in [-0.39, 0.29) is 18.3 Å². The fraction of sp³-hybridized carbons (Fsp3) is 0.190. The maximum Gasteiger partial charge on any atom is 0.264 e. The molecule has 1 heterocycles. The normalized spacial score (nSPS) is 10.4. The minimum absolute atomic E-state index is 0.0765. The second-order valence-corrected chi connectivity index (χ2v) is 7.13. The van der Waals surface area contributed by atoms with Gasteiger partial charge in [-0.15, -0.1) is 11.3 Å². The van der Waals surface area contributed by atoms with Crippen molar-refractivity contribution in [3.63, 3.8) is 0 Å². The number of nitrogens with one attached hydrogen (secondary N) is 1. The third-order valence-electron chi connectivity index (χ3n) is 3.96. The van der Waals surface area contributed by atoms with Gasteiger partial charge in [-0.05, 0) is 31.2 Å². The van der Waals surface area contributed by atoms with Crippen LogP contribution >= 0.6 is 11.3 Å². The number of ketones is 1. The third-order valence-corrected chi connectivity index (χ3v) is 4.84. The number of aryl methyl sites for hydroxylation is 1. The van der Waals surface area contributed by atoms with E-state index in [1.807, 2.05) is 44.2 Å². The van der Waals surface area contributed by atoms with E-state index in [9.17, 15) is 9.59 Å². The molecule has 0 aliphatic rings. The monoisotopic (exact) mass is 380 g/mol. The molecule has 3 rings (SSSR count). The van der Waals surface area contributed by atoms with Gasteiger partial charge < -0.3 is 4.74 Å². The largest absolute Gasteiger partial charge is 0.484 e. The highest BCUT2D eigenvalue weighted by Crippen LogP contribution is 2.30. The summed E-state index contributed by atoms with van der Waals surface area (Å²) in [4.78, 5) is 29.3. The van der Waals surface area contributed by atoms with Crippen LogP contribution in [-0.2, 0) is 4.79 Å². The van der Waals surface area contributed by atoms with Gasteiger partial charge in [0.15, 0.2) is 17.5 Å². The molecule has 1 amide bonds. The number of anilines is 1. The molecule has 27 heavy (non-hydrogen) atoms. The standard InChI is InChI=1S/C21H20N2O3S/c1-3-18(24)15-9-11-17(12-10-15)26-13-19(25)22-21-23-20(14(2)27-21)16-7-5-4-6-8-16/h4-12H,3,13H2,1-2H3,(H,22,23,25). The van der Waals surface area contributed by atoms with Crippen LogP contribution in [0, 0.1) is 6.92 Å². The van der Waals surface area contributed by atoms with E-state index in [1.54, 1.807) is 24.3 Å². The summed E-state index contributed by atoms with van der Waals surface area (Å²) >= 11 is 1.43. The lowest BCUT2D eigenvalue weighted by atomic mass is 10.1. The zero-order valence-electron chi connectivity index (χ0n) is 15.2. The second-order valence-electron chi connectivity index (χ2n) is 5.93. The van der Waals surface area contributed by atoms with E-state index in [2.05, 4.69) is 10.3 Å². The highest BCUT2D eigenvalue weighted by atomic mass is 32.1. The van der Waals surface area contributed by atoms with E-state index in [0.29, 0.717) is 22.9 Å². The fourth-order valence-corrected chi connectivity index (χ4v) is 3.41. The number of nitrogens with zero attached hydrogens (tertiary/aromatic N) is 1. The Hall–Kier alpha value is -2.99. The van der Waals surface area contributed by atoms with Crippen molar-refractivity contribution >= 4 is 28.2 Å². The molecule has 0 unspecified atom stereocenters. The van der Waals surface area contributed by atoms with Crippen LogP contribution in [0.4, 0.5) is 5.13 Å². The van der Waals surface area contributed by atoms with Crippen LogP contribution in [0.2, 0.25) is 0 Å². The van der Waals surface area contributed by atoms with Crippen LogP contribution in [0.15, 0.2) is 54.6 Å². The van der Waals surface area contributed by atoms with Gasteiger partial charge in [0.1, 0.15) is 5.75 Å². The first-order valence-electron chi connectivity index (χ1n) is 8.65. The number of carbonyl (C=O) groups excluding carboxylic acids is 2. The molecule has 5 nitrogen and oxygen atoms in total. The number of amides is 1. The highest BCUT2D eigenvalue weighted by molar-refractivity contribution is 7.16. The smallest absolute Gasteiger partial charge is 0.264 e. The van der Waals surface area contributed by atoms with Crippen LogP contribution in [0.3, 0.4) is 0 Å². The van der Waals surface area contributed by atoms with E-state index >= 15 is 0 Å². The van der Waals surface area contributed by atoms with Crippen molar-refractivity contribution in [3.8, 4) is 17.0 Å². The molecule has 0 spiro atoms. The molecule has 0 saturated heterocycles. The van der Waals surface area contributed by atoms with Crippen molar-refractivity contribution in [2.45, 2.75) is 20.3 Å². The summed E-state index contributed by atoms with van der Waals surface area (Å²) in [6.07, 6.45) is 0.459. The summed E-state index contributed by atoms with van der Waals surface area (Å²) in [5.41, 5.74) is 2.53. The van der Waals surface area contributed by atoms with Crippen LogP contribution in [0.5, 0.6) is 5.75 Å². The maximum atomic E-state index is 12.1. The lowest BCUT2D eigenvalue weighted by Gasteiger charge is -2.06. The molecule has 0 aliphatic carbocycles. The Morgan fingerprint density at radius 2 is 1.78 bits per heavy atom. The summed E-state index contributed by atoms with van der Waals surface area (Å²) in [5, 5.41) is 3.32. The average molecular weight is 380 g/mol. The Morgan fingerprint density at radius 1 is 1.07 bits per heavy atom. The van der Waals surface area contributed by atoms with Gasteiger partial charge in [0.25, 0.3) is 5.91 Å². The lowest BCUT2D eigenvalue weighted by molar-refractivity contribution is -0.118. The number of thiazole rings is 1. The van der Waals surface area contributed by atoms with Gasteiger partial charge in [-0.1, -0.05) is 37.3 Å². The van der Waals surface area contributed by atoms with Crippen LogP contribution in [-0.4, -0.2) is 23.3 Å². The SMILES string of the molecule is CCC(=O)c1ccc(OCC(=O)Nc2nc(-c3ccccc3)c(C)s2)cc1. The maximum absolute atomic E-state index is 12.1. The van der Waals surface area contributed by atoms with Gasteiger partial charge >= 0.3 is 0 Å². The minimum Gasteiger partial charge on any atom is -0.484 e. The summed E-state index contributed by atoms with van der Waals surface area (Å²) < 4.78 is 5.48. The second kappa shape index (κ2) is 8.60. The summed E-state index contributed by atoms with van der Waals surface area (Å²) in [5.74, 6) is 0.336. The molecule has 2 aromatic carbocycles. The molecule has 1 N–H and O–H groups in total. The van der Waals surface area contributed by atoms with Crippen LogP contribution in [0.25, 0.3) is 11.3 Å². The molecule has 0 radical (unpaired) electrons. The molecule has 138 valence electrons. The summed E-state index contributed by atoms with van der Waals surface area (Å²) in [7, 11) is 0. The predicted molar refractivity (Wildman–Crippen MR) is 107 cm³/mol. The van der Waals surface area contributed by atoms with Crippen molar-refractivity contribution < 1.29 is 14.3 Å². The molecule has 1 aromatic heterocycles. The van der Waals surface area contributed by atoms with Crippen molar-refractivity contribution in [2.24, 2.45) is 0 Å². The van der Waals surface area contributed by atoms with Crippen molar-refractivity contribution in [2.75, 3.05) is 11.9 Å². The van der Waals surface area contributed by atoms with Crippen LogP contribution < -0.4 is 10.1 Å². The van der Waals surface area contributed by atoms with Crippen LogP contribution in [0.1, 0.15) is 28.6 Å². The van der Waals surface area contributed by atoms with E-state index in [0.717, 1.165) is 16.1 Å². The first-order valence-corrected chi connectivity index (χ1v) is 9.47. The number of hydrogen-bond donors (Lipinski definition) is 1. The number of carbonyl (C=O) groups is 2. The Bertz CT molecular complexity index is 934. The molecule has 0 atom stereocenters. The predicted octanol–water partition coefficient (Wildman–Crippen LogP) is 4.73. The van der Waals surface area contributed by atoms with Crippen molar-refractivity contribution in [3.05, 3.63) is 65.0 Å². The van der Waals surface area contributed by atoms with Gasteiger partial charge in [-0.3, -0.25) is 14.9 Å². The summed E-state index contributed by atoms with van der Waals surface area (Å²) in [6.45, 7) is 3.67. The van der Waals surface area contributed by atoms with Gasteiger partial charge in [0, 0.05) is 22.4 Å². The topological polar surface area (TPSA) is 68.3 Å². The van der Waals surface area contributed by atoms with E-state index in [1.165, 1.54) is 11.3 Å². The van der Waals surface area contributed by atoms with Gasteiger partial charge in [-0.25, -0.2) is 4.98 Å². The Morgan fingerprint density at radius 3 is 2.44 bits per heavy atom. The van der Waals surface area contributed by atoms with E-state index < -0.39 is 0 Å². The molecule has 0 bridgehead atoms.